The van der Waals surface area contributed by atoms with E-state index < -0.39 is 12.1 Å². The maximum Gasteiger partial charge on any atom is 0.327 e. The van der Waals surface area contributed by atoms with Gasteiger partial charge < -0.3 is 20.1 Å². The van der Waals surface area contributed by atoms with Gasteiger partial charge in [0.1, 0.15) is 0 Å². The van der Waals surface area contributed by atoms with Crippen LogP contribution in [0.15, 0.2) is 12.7 Å². The summed E-state index contributed by atoms with van der Waals surface area (Å²) in [6.45, 7) is 10.0. The van der Waals surface area contributed by atoms with E-state index >= 15 is 0 Å². The first-order valence-electron chi connectivity index (χ1n) is 4.68. The van der Waals surface area contributed by atoms with E-state index in [2.05, 4.69) is 6.58 Å². The maximum atomic E-state index is 9.25. The highest BCUT2D eigenvalue weighted by Crippen LogP contribution is 1.68. The van der Waals surface area contributed by atoms with Crippen molar-refractivity contribution in [3.63, 3.8) is 0 Å². The largest absolute Gasteiger partial charge is 0.478 e. The number of aliphatic hydroxyl groups is 2. The summed E-state index contributed by atoms with van der Waals surface area (Å²) < 4.78 is 4.83. The van der Waals surface area contributed by atoms with E-state index in [0.29, 0.717) is 0 Å². The van der Waals surface area contributed by atoms with Crippen LogP contribution in [0.2, 0.25) is 0 Å². The van der Waals surface area contributed by atoms with Crippen molar-refractivity contribution in [3.05, 3.63) is 12.7 Å². The molecule has 0 aliphatic rings. The van der Waals surface area contributed by atoms with Crippen LogP contribution in [0.5, 0.6) is 0 Å². The highest BCUT2D eigenvalue weighted by Gasteiger charge is 1.83. The number of ether oxygens (including phenoxy) is 1. The summed E-state index contributed by atoms with van der Waals surface area (Å²) in [6, 6.07) is 0. The molecule has 0 heterocycles. The Kier molecular flexibility index (Phi) is 24.6. The van der Waals surface area contributed by atoms with Gasteiger partial charge in [0.05, 0.1) is 12.7 Å². The summed E-state index contributed by atoms with van der Waals surface area (Å²) in [7, 11) is 0. The second kappa shape index (κ2) is 18.8. The molecule has 15 heavy (non-hydrogen) atoms. The lowest BCUT2D eigenvalue weighted by Gasteiger charge is -1.90. The molecule has 0 spiro atoms. The monoisotopic (exact) mass is 222 g/mol. The molecule has 0 saturated heterocycles. The summed E-state index contributed by atoms with van der Waals surface area (Å²) in [5.74, 6) is -0.981. The van der Waals surface area contributed by atoms with Crippen molar-refractivity contribution in [3.8, 4) is 0 Å². The Labute approximate surface area is 91.0 Å². The molecular weight excluding hydrogens is 200 g/mol. The first-order chi connectivity index (χ1) is 6.95. The second-order valence-corrected chi connectivity index (χ2v) is 2.36. The summed E-state index contributed by atoms with van der Waals surface area (Å²) >= 11 is 0. The zero-order valence-corrected chi connectivity index (χ0v) is 9.64. The Balaban J connectivity index is -0.000000144. The normalized spacial score (nSPS) is 9.93. The highest BCUT2D eigenvalue weighted by atomic mass is 16.5. The van der Waals surface area contributed by atoms with E-state index in [1.807, 2.05) is 13.8 Å². The van der Waals surface area contributed by atoms with Gasteiger partial charge in [-0.2, -0.15) is 0 Å². The third kappa shape index (κ3) is 62.1. The van der Waals surface area contributed by atoms with Gasteiger partial charge in [0, 0.05) is 19.3 Å². The van der Waals surface area contributed by atoms with Gasteiger partial charge in [0.15, 0.2) is 0 Å². The number of aliphatic carboxylic acids is 1. The number of carboxylic acid groups (broad SMARTS) is 1. The van der Waals surface area contributed by atoms with E-state index in [4.69, 9.17) is 20.1 Å². The molecule has 5 heteroatoms. The standard InChI is InChI=1S/C4H10O.C3H8O2.C3H4O2/c1-3-5-4-2;1-3(5)2-4;1-2-3(4)5/h3-4H2,1-2H3;3-5H,2H2,1H3;2H,1H2,(H,4,5). The molecule has 0 aromatic rings. The predicted molar refractivity (Wildman–Crippen MR) is 58.8 cm³/mol. The van der Waals surface area contributed by atoms with Crippen LogP contribution < -0.4 is 0 Å². The van der Waals surface area contributed by atoms with Crippen molar-refractivity contribution < 1.29 is 24.9 Å². The summed E-state index contributed by atoms with van der Waals surface area (Å²) in [4.78, 5) is 9.25. The smallest absolute Gasteiger partial charge is 0.327 e. The molecule has 0 aliphatic heterocycles. The van der Waals surface area contributed by atoms with E-state index in [1.165, 1.54) is 6.92 Å². The van der Waals surface area contributed by atoms with E-state index in [1.54, 1.807) is 0 Å². The molecule has 0 fully saturated rings. The average molecular weight is 222 g/mol. The van der Waals surface area contributed by atoms with Crippen LogP contribution in [0.3, 0.4) is 0 Å². The first-order valence-corrected chi connectivity index (χ1v) is 4.68. The number of hydrogen-bond acceptors (Lipinski definition) is 4. The topological polar surface area (TPSA) is 87.0 Å². The van der Waals surface area contributed by atoms with Crippen LogP contribution >= 0.6 is 0 Å². The molecule has 0 saturated carbocycles. The van der Waals surface area contributed by atoms with Crippen molar-refractivity contribution >= 4 is 5.97 Å². The molecule has 5 nitrogen and oxygen atoms in total. The van der Waals surface area contributed by atoms with Crippen LogP contribution in [0.25, 0.3) is 0 Å². The Morgan fingerprint density at radius 2 is 1.73 bits per heavy atom. The zero-order chi connectivity index (χ0) is 12.7. The maximum absolute atomic E-state index is 9.25. The molecule has 1 atom stereocenters. The molecule has 1 unspecified atom stereocenters. The van der Waals surface area contributed by atoms with Gasteiger partial charge in [-0.05, 0) is 20.8 Å². The SMILES string of the molecule is C=CC(=O)O.CC(O)CO.CCOCC. The minimum Gasteiger partial charge on any atom is -0.478 e. The minimum atomic E-state index is -0.981. The van der Waals surface area contributed by atoms with Gasteiger partial charge in [-0.3, -0.25) is 0 Å². The van der Waals surface area contributed by atoms with Crippen molar-refractivity contribution in [1.82, 2.24) is 0 Å². The van der Waals surface area contributed by atoms with Crippen molar-refractivity contribution in [2.75, 3.05) is 19.8 Å². The van der Waals surface area contributed by atoms with Crippen LogP contribution in [0, 0.1) is 0 Å². The van der Waals surface area contributed by atoms with Crippen LogP contribution in [0.4, 0.5) is 0 Å². The van der Waals surface area contributed by atoms with E-state index in [9.17, 15) is 4.79 Å². The zero-order valence-electron chi connectivity index (χ0n) is 9.64. The minimum absolute atomic E-state index is 0.139. The Morgan fingerprint density at radius 1 is 1.47 bits per heavy atom. The summed E-state index contributed by atoms with van der Waals surface area (Å²) in [5.41, 5.74) is 0. The van der Waals surface area contributed by atoms with Crippen molar-refractivity contribution in [2.24, 2.45) is 0 Å². The number of rotatable bonds is 4. The summed E-state index contributed by atoms with van der Waals surface area (Å²) in [6.07, 6.45) is 0.273. The first kappa shape index (κ1) is 19.6. The van der Waals surface area contributed by atoms with Gasteiger partial charge in [-0.15, -0.1) is 0 Å². The van der Waals surface area contributed by atoms with Gasteiger partial charge in [-0.25, -0.2) is 4.79 Å². The predicted octanol–water partition coefficient (Wildman–Crippen LogP) is 0.659. The molecule has 0 aromatic carbocycles. The lowest BCUT2D eigenvalue weighted by molar-refractivity contribution is -0.131. The lowest BCUT2D eigenvalue weighted by atomic mass is 10.5. The molecular formula is C10H22O5. The quantitative estimate of drug-likeness (QED) is 0.608. The van der Waals surface area contributed by atoms with E-state index in [-0.39, 0.29) is 6.61 Å². The molecule has 0 radical (unpaired) electrons. The molecule has 0 bridgehead atoms. The number of hydrogen-bond donors (Lipinski definition) is 3. The van der Waals surface area contributed by atoms with E-state index in [0.717, 1.165) is 19.3 Å². The lowest BCUT2D eigenvalue weighted by Crippen LogP contribution is -2.03. The second-order valence-electron chi connectivity index (χ2n) is 2.36. The number of carbonyl (C=O) groups is 1. The fraction of sp³-hybridized carbons (Fsp3) is 0.700. The summed E-state index contributed by atoms with van der Waals surface area (Å²) in [5, 5.41) is 23.6. The Morgan fingerprint density at radius 3 is 1.73 bits per heavy atom. The highest BCUT2D eigenvalue weighted by molar-refractivity contribution is 5.78. The Bertz CT molecular complexity index is 132. The van der Waals surface area contributed by atoms with Crippen LogP contribution in [0.1, 0.15) is 20.8 Å². The third-order valence-electron chi connectivity index (χ3n) is 0.847. The fourth-order valence-corrected chi connectivity index (χ4v) is 0.204. The number of aliphatic hydroxyl groups excluding tert-OH is 2. The molecule has 92 valence electrons. The molecule has 3 N–H and O–H groups in total. The molecule has 0 aromatic heterocycles. The van der Waals surface area contributed by atoms with Crippen LogP contribution in [-0.2, 0) is 9.53 Å². The Hall–Kier alpha value is -0.910. The molecule has 0 amide bonds. The molecule has 0 aliphatic carbocycles. The van der Waals surface area contributed by atoms with Crippen molar-refractivity contribution in [2.45, 2.75) is 26.9 Å². The van der Waals surface area contributed by atoms with Crippen LogP contribution in [-0.4, -0.2) is 47.2 Å². The van der Waals surface area contributed by atoms with Gasteiger partial charge >= 0.3 is 5.97 Å². The molecule has 0 rings (SSSR count). The number of carboxylic acids is 1. The van der Waals surface area contributed by atoms with Gasteiger partial charge in [0.2, 0.25) is 0 Å². The van der Waals surface area contributed by atoms with Gasteiger partial charge in [0.25, 0.3) is 0 Å². The average Bonchev–Trinajstić information content (AvgIpc) is 2.20. The third-order valence-corrected chi connectivity index (χ3v) is 0.847. The van der Waals surface area contributed by atoms with Crippen molar-refractivity contribution in [1.29, 1.82) is 0 Å². The van der Waals surface area contributed by atoms with Gasteiger partial charge in [-0.1, -0.05) is 6.58 Å². The fourth-order valence-electron chi connectivity index (χ4n) is 0.204.